The number of halogens is 2. The van der Waals surface area contributed by atoms with E-state index in [1.54, 1.807) is 6.07 Å². The summed E-state index contributed by atoms with van der Waals surface area (Å²) < 4.78 is 18.7. The van der Waals surface area contributed by atoms with Crippen molar-refractivity contribution in [2.75, 3.05) is 0 Å². The van der Waals surface area contributed by atoms with Crippen LogP contribution in [0.25, 0.3) is 11.0 Å². The van der Waals surface area contributed by atoms with Crippen LogP contribution in [0.5, 0.6) is 0 Å². The summed E-state index contributed by atoms with van der Waals surface area (Å²) in [7, 11) is 0. The number of furan rings is 1. The molecule has 0 saturated heterocycles. The molecule has 0 fully saturated rings. The van der Waals surface area contributed by atoms with E-state index >= 15 is 0 Å². The third-order valence-electron chi connectivity index (χ3n) is 1.84. The maximum absolute atomic E-state index is 12.8. The molecule has 0 aliphatic rings. The lowest BCUT2D eigenvalue weighted by molar-refractivity contribution is 0.582. The van der Waals surface area contributed by atoms with E-state index in [4.69, 9.17) is 4.42 Å². The summed E-state index contributed by atoms with van der Waals surface area (Å²) in [6.07, 6.45) is 0. The molecule has 1 nitrogen and oxygen atoms in total. The van der Waals surface area contributed by atoms with Crippen LogP contribution in [0.3, 0.4) is 0 Å². The second kappa shape index (κ2) is 2.59. The molecule has 0 atom stereocenters. The Morgan fingerprint density at radius 1 is 1.42 bits per heavy atom. The van der Waals surface area contributed by atoms with Crippen LogP contribution in [0.2, 0.25) is 0 Å². The number of hydrogen-bond acceptors (Lipinski definition) is 1. The minimum atomic E-state index is -0.237. The molecule has 2 aromatic rings. The quantitative estimate of drug-likeness (QED) is 0.672. The lowest BCUT2D eigenvalue weighted by atomic mass is 10.2. The van der Waals surface area contributed by atoms with Gasteiger partial charge in [-0.3, -0.25) is 0 Å². The SMILES string of the molecule is Cc1c(Br)oc2ccc(F)cc12. The zero-order valence-electron chi connectivity index (χ0n) is 6.40. The van der Waals surface area contributed by atoms with Gasteiger partial charge in [-0.05, 0) is 41.1 Å². The second-order valence-electron chi connectivity index (χ2n) is 2.64. The van der Waals surface area contributed by atoms with Crippen molar-refractivity contribution in [2.24, 2.45) is 0 Å². The van der Waals surface area contributed by atoms with Crippen molar-refractivity contribution in [1.29, 1.82) is 0 Å². The highest BCUT2D eigenvalue weighted by Crippen LogP contribution is 2.29. The molecule has 0 saturated carbocycles. The fraction of sp³-hybridized carbons (Fsp3) is 0.111. The van der Waals surface area contributed by atoms with E-state index in [1.807, 2.05) is 6.92 Å². The molecular formula is C9H6BrFO. The molecule has 0 bridgehead atoms. The standard InChI is InChI=1S/C9H6BrFO/c1-5-7-4-6(11)2-3-8(7)12-9(5)10/h2-4H,1H3. The number of hydrogen-bond donors (Lipinski definition) is 0. The third kappa shape index (κ3) is 1.05. The van der Waals surface area contributed by atoms with Crippen molar-refractivity contribution >= 4 is 26.9 Å². The molecule has 0 radical (unpaired) electrons. The smallest absolute Gasteiger partial charge is 0.173 e. The van der Waals surface area contributed by atoms with Crippen molar-refractivity contribution in [3.8, 4) is 0 Å². The Bertz CT molecular complexity index is 433. The van der Waals surface area contributed by atoms with E-state index < -0.39 is 0 Å². The lowest BCUT2D eigenvalue weighted by Gasteiger charge is -1.88. The Morgan fingerprint density at radius 2 is 2.17 bits per heavy atom. The van der Waals surface area contributed by atoms with Crippen molar-refractivity contribution in [3.63, 3.8) is 0 Å². The first-order valence-corrected chi connectivity index (χ1v) is 4.32. The van der Waals surface area contributed by atoms with E-state index in [2.05, 4.69) is 15.9 Å². The van der Waals surface area contributed by atoms with Gasteiger partial charge in [0.2, 0.25) is 0 Å². The number of benzene rings is 1. The Morgan fingerprint density at radius 3 is 2.92 bits per heavy atom. The van der Waals surface area contributed by atoms with Crippen LogP contribution >= 0.6 is 15.9 Å². The monoisotopic (exact) mass is 228 g/mol. The summed E-state index contributed by atoms with van der Waals surface area (Å²) >= 11 is 3.24. The van der Waals surface area contributed by atoms with Crippen molar-refractivity contribution < 1.29 is 8.81 Å². The highest BCUT2D eigenvalue weighted by molar-refractivity contribution is 9.10. The average molecular weight is 229 g/mol. The van der Waals surface area contributed by atoms with Gasteiger partial charge in [-0.25, -0.2) is 4.39 Å². The minimum absolute atomic E-state index is 0.237. The fourth-order valence-electron chi connectivity index (χ4n) is 1.16. The van der Waals surface area contributed by atoms with Gasteiger partial charge < -0.3 is 4.42 Å². The summed E-state index contributed by atoms with van der Waals surface area (Å²) in [5.74, 6) is -0.237. The Kier molecular flexibility index (Phi) is 1.68. The molecule has 0 aliphatic heterocycles. The topological polar surface area (TPSA) is 13.1 Å². The zero-order valence-corrected chi connectivity index (χ0v) is 7.98. The molecule has 0 amide bonds. The predicted octanol–water partition coefficient (Wildman–Crippen LogP) is 3.64. The molecule has 0 aliphatic carbocycles. The van der Waals surface area contributed by atoms with Gasteiger partial charge in [0.1, 0.15) is 11.4 Å². The van der Waals surface area contributed by atoms with Gasteiger partial charge in [-0.2, -0.15) is 0 Å². The first-order chi connectivity index (χ1) is 5.68. The number of aryl methyl sites for hydroxylation is 1. The highest BCUT2D eigenvalue weighted by Gasteiger charge is 2.07. The normalized spacial score (nSPS) is 10.9. The van der Waals surface area contributed by atoms with Crippen LogP contribution < -0.4 is 0 Å². The van der Waals surface area contributed by atoms with Gasteiger partial charge >= 0.3 is 0 Å². The van der Waals surface area contributed by atoms with Crippen LogP contribution in [0.1, 0.15) is 5.56 Å². The van der Waals surface area contributed by atoms with Gasteiger partial charge in [-0.15, -0.1) is 0 Å². The van der Waals surface area contributed by atoms with Crippen molar-refractivity contribution in [3.05, 3.63) is 34.2 Å². The largest absolute Gasteiger partial charge is 0.449 e. The zero-order chi connectivity index (χ0) is 8.72. The van der Waals surface area contributed by atoms with Gasteiger partial charge in [-0.1, -0.05) is 0 Å². The number of fused-ring (bicyclic) bond motifs is 1. The molecule has 1 aromatic carbocycles. The predicted molar refractivity (Wildman–Crippen MR) is 48.6 cm³/mol. The molecular weight excluding hydrogens is 223 g/mol. The molecule has 3 heteroatoms. The van der Waals surface area contributed by atoms with Gasteiger partial charge in [0.25, 0.3) is 0 Å². The summed E-state index contributed by atoms with van der Waals surface area (Å²) in [5.41, 5.74) is 1.64. The van der Waals surface area contributed by atoms with Crippen LogP contribution in [-0.4, -0.2) is 0 Å². The summed E-state index contributed by atoms with van der Waals surface area (Å²) in [5, 5.41) is 0.821. The maximum Gasteiger partial charge on any atom is 0.173 e. The van der Waals surface area contributed by atoms with E-state index in [1.165, 1.54) is 12.1 Å². The summed E-state index contributed by atoms with van der Waals surface area (Å²) in [6, 6.07) is 4.49. The Balaban J connectivity index is 2.88. The molecule has 1 aromatic heterocycles. The summed E-state index contributed by atoms with van der Waals surface area (Å²) in [6.45, 7) is 1.88. The van der Waals surface area contributed by atoms with Gasteiger partial charge in [0, 0.05) is 10.9 Å². The minimum Gasteiger partial charge on any atom is -0.449 e. The third-order valence-corrected chi connectivity index (χ3v) is 2.60. The molecule has 12 heavy (non-hydrogen) atoms. The van der Waals surface area contributed by atoms with Gasteiger partial charge in [0.05, 0.1) is 0 Å². The van der Waals surface area contributed by atoms with E-state index in [0.717, 1.165) is 10.9 Å². The van der Waals surface area contributed by atoms with Crippen LogP contribution in [0, 0.1) is 12.7 Å². The molecule has 62 valence electrons. The molecule has 0 spiro atoms. The van der Waals surface area contributed by atoms with E-state index in [9.17, 15) is 4.39 Å². The second-order valence-corrected chi connectivity index (χ2v) is 3.36. The first kappa shape index (κ1) is 7.80. The first-order valence-electron chi connectivity index (χ1n) is 3.52. The highest BCUT2D eigenvalue weighted by atomic mass is 79.9. The van der Waals surface area contributed by atoms with Gasteiger partial charge in [0.15, 0.2) is 4.67 Å². The molecule has 1 heterocycles. The fourth-order valence-corrected chi connectivity index (χ4v) is 1.55. The molecule has 2 rings (SSSR count). The number of rotatable bonds is 0. The Hall–Kier alpha value is -0.830. The molecule has 0 unspecified atom stereocenters. The lowest BCUT2D eigenvalue weighted by Crippen LogP contribution is -1.72. The summed E-state index contributed by atoms with van der Waals surface area (Å²) in [4.78, 5) is 0. The van der Waals surface area contributed by atoms with E-state index in [0.29, 0.717) is 10.3 Å². The average Bonchev–Trinajstić information content (AvgIpc) is 2.31. The van der Waals surface area contributed by atoms with Crippen molar-refractivity contribution in [2.45, 2.75) is 6.92 Å². The van der Waals surface area contributed by atoms with Crippen LogP contribution in [0.4, 0.5) is 4.39 Å². The maximum atomic E-state index is 12.8. The van der Waals surface area contributed by atoms with Crippen LogP contribution in [0.15, 0.2) is 27.3 Å². The van der Waals surface area contributed by atoms with Crippen LogP contribution in [-0.2, 0) is 0 Å². The van der Waals surface area contributed by atoms with Crippen molar-refractivity contribution in [1.82, 2.24) is 0 Å². The van der Waals surface area contributed by atoms with E-state index in [-0.39, 0.29) is 5.82 Å². The Labute approximate surface area is 77.3 Å². The molecule has 0 N–H and O–H groups in total.